The Kier molecular flexibility index (Phi) is 11.6. The maximum absolute atomic E-state index is 14.2. The first-order valence-corrected chi connectivity index (χ1v) is 16.2. The third-order valence-corrected chi connectivity index (χ3v) is 9.43. The van der Waals surface area contributed by atoms with E-state index in [1.807, 2.05) is 39.8 Å². The zero-order valence-electron chi connectivity index (χ0n) is 25.3. The number of carbonyl (C=O) groups is 2. The summed E-state index contributed by atoms with van der Waals surface area (Å²) in [5, 5.41) is 3.54. The SMILES string of the molecule is CC[C@@H](C)NC(=O)[C@@H](CC)N(Cc1ccc(Cl)cc1)C(=O)CN(c1ccc(C(C)C)cc1)S(=O)(=O)c1ccc(C)cc1. The van der Waals surface area contributed by atoms with Crippen LogP contribution < -0.4 is 9.62 Å². The molecule has 0 fully saturated rings. The standard InChI is InChI=1S/C33H42ClN3O4S/c1-7-25(6)35-33(39)31(8-2)36(21-26-11-15-28(34)16-12-26)32(38)22-37(29-17-13-27(14-18-29)23(3)4)42(40,41)30-19-9-24(5)10-20-30/h9-20,23,25,31H,7-8,21-22H2,1-6H3,(H,35,39)/t25-,31-/m1/s1. The Morgan fingerprint density at radius 2 is 1.45 bits per heavy atom. The van der Waals surface area contributed by atoms with E-state index >= 15 is 0 Å². The highest BCUT2D eigenvalue weighted by Crippen LogP contribution is 2.27. The van der Waals surface area contributed by atoms with Gasteiger partial charge in [-0.05, 0) is 80.1 Å². The summed E-state index contributed by atoms with van der Waals surface area (Å²) in [5.74, 6) is -0.504. The van der Waals surface area contributed by atoms with Crippen molar-refractivity contribution in [2.45, 2.75) is 83.8 Å². The van der Waals surface area contributed by atoms with Gasteiger partial charge >= 0.3 is 0 Å². The van der Waals surface area contributed by atoms with Crippen molar-refractivity contribution in [2.24, 2.45) is 0 Å². The van der Waals surface area contributed by atoms with E-state index < -0.39 is 28.5 Å². The fourth-order valence-electron chi connectivity index (χ4n) is 4.54. The molecule has 2 amide bonds. The van der Waals surface area contributed by atoms with E-state index in [0.717, 1.165) is 27.4 Å². The predicted molar refractivity (Wildman–Crippen MR) is 170 cm³/mol. The third-order valence-electron chi connectivity index (χ3n) is 7.39. The summed E-state index contributed by atoms with van der Waals surface area (Å²) in [6.07, 6.45) is 1.09. The van der Waals surface area contributed by atoms with Crippen molar-refractivity contribution < 1.29 is 18.0 Å². The fourth-order valence-corrected chi connectivity index (χ4v) is 6.08. The molecule has 9 heteroatoms. The summed E-state index contributed by atoms with van der Waals surface area (Å²) in [6, 6.07) is 19.9. The van der Waals surface area contributed by atoms with Gasteiger partial charge in [0.15, 0.2) is 0 Å². The van der Waals surface area contributed by atoms with E-state index in [9.17, 15) is 18.0 Å². The molecule has 0 heterocycles. The van der Waals surface area contributed by atoms with Crippen LogP contribution in [0.4, 0.5) is 5.69 Å². The molecule has 0 spiro atoms. The second kappa shape index (κ2) is 14.7. The van der Waals surface area contributed by atoms with Gasteiger partial charge in [0, 0.05) is 17.6 Å². The van der Waals surface area contributed by atoms with Gasteiger partial charge < -0.3 is 10.2 Å². The van der Waals surface area contributed by atoms with Crippen LogP contribution >= 0.6 is 11.6 Å². The first kappa shape index (κ1) is 33.1. The van der Waals surface area contributed by atoms with Gasteiger partial charge in [0.2, 0.25) is 11.8 Å². The molecule has 2 atom stereocenters. The van der Waals surface area contributed by atoms with Gasteiger partial charge in [0.05, 0.1) is 10.6 Å². The van der Waals surface area contributed by atoms with Crippen molar-refractivity contribution in [3.05, 3.63) is 94.5 Å². The molecule has 42 heavy (non-hydrogen) atoms. The Bertz CT molecular complexity index is 1440. The summed E-state index contributed by atoms with van der Waals surface area (Å²) >= 11 is 6.09. The topological polar surface area (TPSA) is 86.8 Å². The van der Waals surface area contributed by atoms with Crippen molar-refractivity contribution in [3.63, 3.8) is 0 Å². The lowest BCUT2D eigenvalue weighted by Gasteiger charge is -2.33. The van der Waals surface area contributed by atoms with Gasteiger partial charge in [-0.25, -0.2) is 8.42 Å². The predicted octanol–water partition coefficient (Wildman–Crippen LogP) is 6.69. The van der Waals surface area contributed by atoms with Crippen molar-refractivity contribution in [1.82, 2.24) is 10.2 Å². The molecule has 0 saturated heterocycles. The number of nitrogens with one attached hydrogen (secondary N) is 1. The molecule has 3 aromatic carbocycles. The molecule has 226 valence electrons. The summed E-state index contributed by atoms with van der Waals surface area (Å²) in [4.78, 5) is 29.1. The van der Waals surface area contributed by atoms with E-state index in [0.29, 0.717) is 17.1 Å². The van der Waals surface area contributed by atoms with Crippen molar-refractivity contribution >= 4 is 39.1 Å². The molecule has 0 aliphatic carbocycles. The highest BCUT2D eigenvalue weighted by Gasteiger charge is 2.34. The second-order valence-corrected chi connectivity index (χ2v) is 13.3. The third kappa shape index (κ3) is 8.35. The largest absolute Gasteiger partial charge is 0.352 e. The molecular weight excluding hydrogens is 570 g/mol. The second-order valence-electron chi connectivity index (χ2n) is 11.0. The summed E-state index contributed by atoms with van der Waals surface area (Å²) in [5.41, 5.74) is 3.12. The highest BCUT2D eigenvalue weighted by molar-refractivity contribution is 7.92. The molecule has 0 aliphatic rings. The lowest BCUT2D eigenvalue weighted by atomic mass is 10.0. The summed E-state index contributed by atoms with van der Waals surface area (Å²) in [6.45, 7) is 11.4. The monoisotopic (exact) mass is 611 g/mol. The quantitative estimate of drug-likeness (QED) is 0.233. The molecular formula is C33H42ClN3O4S. The number of carbonyl (C=O) groups excluding carboxylic acids is 2. The van der Waals surface area contributed by atoms with E-state index in [1.54, 1.807) is 60.7 Å². The van der Waals surface area contributed by atoms with Crippen LogP contribution in [0.1, 0.15) is 70.1 Å². The number of sulfonamides is 1. The van der Waals surface area contributed by atoms with Gasteiger partial charge in [-0.15, -0.1) is 0 Å². The Balaban J connectivity index is 2.07. The Morgan fingerprint density at radius 1 is 0.857 bits per heavy atom. The number of benzene rings is 3. The molecule has 0 bridgehead atoms. The fraction of sp³-hybridized carbons (Fsp3) is 0.394. The number of amides is 2. The van der Waals surface area contributed by atoms with Crippen LogP contribution in [0.25, 0.3) is 0 Å². The van der Waals surface area contributed by atoms with E-state index in [2.05, 4.69) is 19.2 Å². The van der Waals surface area contributed by atoms with Gasteiger partial charge in [0.25, 0.3) is 10.0 Å². The maximum atomic E-state index is 14.2. The number of hydrogen-bond acceptors (Lipinski definition) is 4. The average Bonchev–Trinajstić information content (AvgIpc) is 2.96. The molecule has 0 aliphatic heterocycles. The zero-order valence-corrected chi connectivity index (χ0v) is 26.9. The van der Waals surface area contributed by atoms with E-state index in [1.165, 1.54) is 4.90 Å². The zero-order chi connectivity index (χ0) is 31.0. The van der Waals surface area contributed by atoms with Crippen LogP contribution in [-0.4, -0.2) is 43.8 Å². The minimum absolute atomic E-state index is 0.0723. The van der Waals surface area contributed by atoms with Crippen LogP contribution in [0, 0.1) is 6.92 Å². The highest BCUT2D eigenvalue weighted by atomic mass is 35.5. The van der Waals surface area contributed by atoms with Gasteiger partial charge in [0.1, 0.15) is 12.6 Å². The maximum Gasteiger partial charge on any atom is 0.264 e. The van der Waals surface area contributed by atoms with Crippen LogP contribution in [0.3, 0.4) is 0 Å². The normalized spacial score (nSPS) is 13.0. The van der Waals surface area contributed by atoms with E-state index in [4.69, 9.17) is 11.6 Å². The Labute approximate surface area is 255 Å². The lowest BCUT2D eigenvalue weighted by molar-refractivity contribution is -0.140. The molecule has 3 aromatic rings. The average molecular weight is 612 g/mol. The van der Waals surface area contributed by atoms with Gasteiger partial charge in [-0.2, -0.15) is 0 Å². The molecule has 1 N–H and O–H groups in total. The Hall–Kier alpha value is -3.36. The molecule has 3 rings (SSSR count). The number of halogens is 1. The molecule has 0 aromatic heterocycles. The number of rotatable bonds is 13. The van der Waals surface area contributed by atoms with Crippen molar-refractivity contribution in [2.75, 3.05) is 10.8 Å². The smallest absolute Gasteiger partial charge is 0.264 e. The Morgan fingerprint density at radius 3 is 1.98 bits per heavy atom. The first-order valence-electron chi connectivity index (χ1n) is 14.4. The van der Waals surface area contributed by atoms with Gasteiger partial charge in [-0.1, -0.05) is 81.3 Å². The lowest BCUT2D eigenvalue weighted by Crippen LogP contribution is -2.53. The summed E-state index contributed by atoms with van der Waals surface area (Å²) in [7, 11) is -4.12. The molecule has 0 saturated carbocycles. The van der Waals surface area contributed by atoms with Crippen LogP contribution in [0.15, 0.2) is 77.7 Å². The minimum atomic E-state index is -4.12. The number of hydrogen-bond donors (Lipinski definition) is 1. The molecule has 7 nitrogen and oxygen atoms in total. The molecule has 0 radical (unpaired) electrons. The van der Waals surface area contributed by atoms with E-state index in [-0.39, 0.29) is 29.3 Å². The van der Waals surface area contributed by atoms with Crippen LogP contribution in [0.2, 0.25) is 5.02 Å². The van der Waals surface area contributed by atoms with Crippen molar-refractivity contribution in [1.29, 1.82) is 0 Å². The van der Waals surface area contributed by atoms with Crippen molar-refractivity contribution in [3.8, 4) is 0 Å². The first-order chi connectivity index (χ1) is 19.9. The minimum Gasteiger partial charge on any atom is -0.352 e. The van der Waals surface area contributed by atoms with Gasteiger partial charge in [-0.3, -0.25) is 13.9 Å². The van der Waals surface area contributed by atoms with Crippen LogP contribution in [0.5, 0.6) is 0 Å². The number of aryl methyl sites for hydroxylation is 1. The van der Waals surface area contributed by atoms with Crippen LogP contribution in [-0.2, 0) is 26.2 Å². The number of anilines is 1. The number of nitrogens with zero attached hydrogens (tertiary/aromatic N) is 2. The molecule has 0 unspecified atom stereocenters. The summed E-state index contributed by atoms with van der Waals surface area (Å²) < 4.78 is 29.2.